The Morgan fingerprint density at radius 1 is 1.06 bits per heavy atom. The van der Waals surface area contributed by atoms with Crippen LogP contribution in [0.25, 0.3) is 0 Å². The number of para-hydroxylation sites is 1. The molecule has 0 saturated carbocycles. The Morgan fingerprint density at radius 2 is 1.76 bits per heavy atom. The largest absolute Gasteiger partial charge is 0.339 e. The van der Waals surface area contributed by atoms with Gasteiger partial charge < -0.3 is 10.2 Å². The molecule has 174 valence electrons. The molecule has 33 heavy (non-hydrogen) atoms. The summed E-state index contributed by atoms with van der Waals surface area (Å²) in [6.07, 6.45) is 6.41. The van der Waals surface area contributed by atoms with Crippen molar-refractivity contribution < 1.29 is 9.59 Å². The van der Waals surface area contributed by atoms with E-state index < -0.39 is 0 Å². The van der Waals surface area contributed by atoms with Gasteiger partial charge in [-0.25, -0.2) is 0 Å². The average Bonchev–Trinajstić information content (AvgIpc) is 2.81. The van der Waals surface area contributed by atoms with E-state index in [1.807, 2.05) is 34.1 Å². The number of carbonyl (C=O) groups excluding carboxylic acids is 2. The highest BCUT2D eigenvalue weighted by atomic mass is 16.2. The molecule has 1 fully saturated rings. The van der Waals surface area contributed by atoms with Crippen molar-refractivity contribution in [1.82, 2.24) is 14.7 Å². The van der Waals surface area contributed by atoms with Crippen LogP contribution in [0, 0.1) is 19.3 Å². The van der Waals surface area contributed by atoms with E-state index in [2.05, 4.69) is 54.3 Å². The summed E-state index contributed by atoms with van der Waals surface area (Å²) in [5, 5.41) is 3.02. The molecule has 2 amide bonds. The Labute approximate surface area is 197 Å². The molecule has 6 heteroatoms. The molecule has 0 aromatic heterocycles. The van der Waals surface area contributed by atoms with Gasteiger partial charge in [0.05, 0.1) is 19.6 Å². The van der Waals surface area contributed by atoms with Crippen molar-refractivity contribution in [3.63, 3.8) is 0 Å². The van der Waals surface area contributed by atoms with E-state index in [-0.39, 0.29) is 11.8 Å². The van der Waals surface area contributed by atoms with Crippen molar-refractivity contribution in [3.05, 3.63) is 65.2 Å². The molecule has 0 radical (unpaired) electrons. The topological polar surface area (TPSA) is 55.9 Å². The number of anilines is 1. The van der Waals surface area contributed by atoms with E-state index in [0.29, 0.717) is 52.4 Å². The molecule has 0 atom stereocenters. The molecule has 2 aromatic carbocycles. The lowest BCUT2D eigenvalue weighted by atomic mass is 10.1. The van der Waals surface area contributed by atoms with Crippen molar-refractivity contribution >= 4 is 17.5 Å². The molecule has 1 aliphatic rings. The molecule has 2 aromatic rings. The highest BCUT2D eigenvalue weighted by Gasteiger charge is 2.24. The highest BCUT2D eigenvalue weighted by Crippen LogP contribution is 2.15. The molecule has 1 saturated heterocycles. The average molecular weight is 447 g/mol. The van der Waals surface area contributed by atoms with Gasteiger partial charge in [0.15, 0.2) is 0 Å². The molecule has 0 aliphatic carbocycles. The first-order valence-electron chi connectivity index (χ1n) is 11.6. The maximum atomic E-state index is 12.9. The summed E-state index contributed by atoms with van der Waals surface area (Å²) in [6, 6.07) is 16.2. The summed E-state index contributed by atoms with van der Waals surface area (Å²) in [5.41, 5.74) is 4.35. The number of terminal acetylenes is 1. The van der Waals surface area contributed by atoms with E-state index in [4.69, 9.17) is 6.42 Å². The molecule has 1 aliphatic heterocycles. The summed E-state index contributed by atoms with van der Waals surface area (Å²) in [5.74, 6) is 2.73. The first-order chi connectivity index (χ1) is 16.0. The van der Waals surface area contributed by atoms with Crippen molar-refractivity contribution in [1.29, 1.82) is 0 Å². The quantitative estimate of drug-likeness (QED) is 0.602. The SMILES string of the molecule is C#CCN(CC(=O)N1CCN(CC(=O)Nc2ccccc2CC)CC1)Cc1ccc(C)cc1. The Bertz CT molecular complexity index is 972. The molecule has 1 heterocycles. The lowest BCUT2D eigenvalue weighted by Gasteiger charge is -2.35. The van der Waals surface area contributed by atoms with E-state index >= 15 is 0 Å². The highest BCUT2D eigenvalue weighted by molar-refractivity contribution is 5.93. The molecule has 0 unspecified atom stereocenters. The van der Waals surface area contributed by atoms with Crippen LogP contribution < -0.4 is 5.32 Å². The summed E-state index contributed by atoms with van der Waals surface area (Å²) < 4.78 is 0. The maximum absolute atomic E-state index is 12.9. The molecule has 6 nitrogen and oxygen atoms in total. The number of aryl methyl sites for hydroxylation is 2. The monoisotopic (exact) mass is 446 g/mol. The Balaban J connectivity index is 1.46. The first kappa shape index (κ1) is 24.5. The molecular weight excluding hydrogens is 412 g/mol. The molecule has 3 rings (SSSR count). The van der Waals surface area contributed by atoms with Crippen LogP contribution in [0.15, 0.2) is 48.5 Å². The lowest BCUT2D eigenvalue weighted by Crippen LogP contribution is -2.52. The van der Waals surface area contributed by atoms with Gasteiger partial charge >= 0.3 is 0 Å². The number of benzene rings is 2. The standard InChI is InChI=1S/C27H34N4O2/c1-4-14-30(19-23-12-10-22(3)11-13-23)21-27(33)31-17-15-29(16-18-31)20-26(32)28-25-9-7-6-8-24(25)5-2/h1,6-13H,5,14-21H2,2-3H3,(H,28,32). The fourth-order valence-corrected chi connectivity index (χ4v) is 4.04. The third-order valence-electron chi connectivity index (χ3n) is 5.97. The summed E-state index contributed by atoms with van der Waals surface area (Å²) in [7, 11) is 0. The number of rotatable bonds is 9. The van der Waals surface area contributed by atoms with Gasteiger partial charge in [0.1, 0.15) is 0 Å². The smallest absolute Gasteiger partial charge is 0.238 e. The Morgan fingerprint density at radius 3 is 2.42 bits per heavy atom. The van der Waals surface area contributed by atoms with Crippen molar-refractivity contribution in [2.45, 2.75) is 26.8 Å². The normalized spacial score (nSPS) is 14.2. The van der Waals surface area contributed by atoms with E-state index in [9.17, 15) is 9.59 Å². The maximum Gasteiger partial charge on any atom is 0.238 e. The zero-order valence-corrected chi connectivity index (χ0v) is 19.7. The fourth-order valence-electron chi connectivity index (χ4n) is 4.04. The zero-order valence-electron chi connectivity index (χ0n) is 19.7. The van der Waals surface area contributed by atoms with Gasteiger partial charge in [-0.15, -0.1) is 6.42 Å². The third kappa shape index (κ3) is 7.45. The molecule has 0 bridgehead atoms. The van der Waals surface area contributed by atoms with Gasteiger partial charge in [-0.3, -0.25) is 19.4 Å². The Kier molecular flexibility index (Phi) is 9.05. The second-order valence-electron chi connectivity index (χ2n) is 8.55. The predicted molar refractivity (Wildman–Crippen MR) is 133 cm³/mol. The zero-order chi connectivity index (χ0) is 23.6. The first-order valence-corrected chi connectivity index (χ1v) is 11.6. The number of amides is 2. The third-order valence-corrected chi connectivity index (χ3v) is 5.97. The van der Waals surface area contributed by atoms with Crippen LogP contribution in [-0.4, -0.2) is 72.3 Å². The van der Waals surface area contributed by atoms with Gasteiger partial charge in [-0.2, -0.15) is 0 Å². The molecule has 0 spiro atoms. The summed E-state index contributed by atoms with van der Waals surface area (Å²) in [4.78, 5) is 31.4. The van der Waals surface area contributed by atoms with Crippen LogP contribution in [0.1, 0.15) is 23.6 Å². The van der Waals surface area contributed by atoms with Crippen molar-refractivity contribution in [2.24, 2.45) is 0 Å². The Hall–Kier alpha value is -3.14. The van der Waals surface area contributed by atoms with Crippen LogP contribution in [-0.2, 0) is 22.6 Å². The van der Waals surface area contributed by atoms with Crippen LogP contribution in [0.2, 0.25) is 0 Å². The van der Waals surface area contributed by atoms with Crippen LogP contribution in [0.5, 0.6) is 0 Å². The number of hydrogen-bond acceptors (Lipinski definition) is 4. The van der Waals surface area contributed by atoms with E-state index in [0.717, 1.165) is 23.2 Å². The predicted octanol–water partition coefficient (Wildman–Crippen LogP) is 2.78. The number of nitrogens with zero attached hydrogens (tertiary/aromatic N) is 3. The van der Waals surface area contributed by atoms with Crippen LogP contribution in [0.3, 0.4) is 0 Å². The minimum Gasteiger partial charge on any atom is -0.339 e. The van der Waals surface area contributed by atoms with Crippen molar-refractivity contribution in [2.75, 3.05) is 51.1 Å². The van der Waals surface area contributed by atoms with Gasteiger partial charge in [0.2, 0.25) is 11.8 Å². The summed E-state index contributed by atoms with van der Waals surface area (Å²) in [6.45, 7) is 8.44. The van der Waals surface area contributed by atoms with E-state index in [1.54, 1.807) is 0 Å². The number of hydrogen-bond donors (Lipinski definition) is 1. The van der Waals surface area contributed by atoms with Gasteiger partial charge in [-0.1, -0.05) is 60.9 Å². The molecule has 1 N–H and O–H groups in total. The van der Waals surface area contributed by atoms with Gasteiger partial charge in [-0.05, 0) is 30.5 Å². The van der Waals surface area contributed by atoms with Gasteiger partial charge in [0.25, 0.3) is 0 Å². The molecular formula is C27H34N4O2. The van der Waals surface area contributed by atoms with Gasteiger partial charge in [0, 0.05) is 38.4 Å². The fraction of sp³-hybridized carbons (Fsp3) is 0.407. The summed E-state index contributed by atoms with van der Waals surface area (Å²) >= 11 is 0. The minimum atomic E-state index is -0.0195. The number of carbonyl (C=O) groups is 2. The van der Waals surface area contributed by atoms with Crippen LogP contribution in [0.4, 0.5) is 5.69 Å². The number of piperazine rings is 1. The lowest BCUT2D eigenvalue weighted by molar-refractivity contribution is -0.134. The van der Waals surface area contributed by atoms with Crippen LogP contribution >= 0.6 is 0 Å². The number of nitrogens with one attached hydrogen (secondary N) is 1. The minimum absolute atomic E-state index is 0.0195. The second kappa shape index (κ2) is 12.2. The second-order valence-corrected chi connectivity index (χ2v) is 8.55. The van der Waals surface area contributed by atoms with E-state index in [1.165, 1.54) is 5.56 Å². The van der Waals surface area contributed by atoms with Crippen molar-refractivity contribution in [3.8, 4) is 12.3 Å².